The second-order valence-corrected chi connectivity index (χ2v) is 4.76. The van der Waals surface area contributed by atoms with Crippen molar-refractivity contribution in [3.63, 3.8) is 0 Å². The van der Waals surface area contributed by atoms with E-state index in [0.29, 0.717) is 6.10 Å². The Morgan fingerprint density at radius 1 is 1.00 bits per heavy atom. The normalized spacial score (nSPS) is 29.6. The molecule has 0 spiro atoms. The lowest BCUT2D eigenvalue weighted by Gasteiger charge is -2.26. The molecule has 2 fully saturated rings. The van der Waals surface area contributed by atoms with E-state index in [1.54, 1.807) is 0 Å². The fraction of sp³-hybridized carbons (Fsp3) is 1.00. The maximum atomic E-state index is 5.93. The van der Waals surface area contributed by atoms with Gasteiger partial charge in [0.1, 0.15) is 0 Å². The lowest BCUT2D eigenvalue weighted by atomic mass is 9.83. The number of hydrogen-bond donors (Lipinski definition) is 1. The van der Waals surface area contributed by atoms with Crippen molar-refractivity contribution in [2.75, 3.05) is 19.7 Å². The Kier molecular flexibility index (Phi) is 4.26. The minimum absolute atomic E-state index is 0.546. The van der Waals surface area contributed by atoms with E-state index in [9.17, 15) is 0 Å². The fourth-order valence-corrected chi connectivity index (χ4v) is 2.34. The monoisotopic (exact) mass is 197 g/mol. The molecular weight excluding hydrogens is 174 g/mol. The van der Waals surface area contributed by atoms with E-state index in [1.807, 2.05) is 0 Å². The number of ether oxygens (including phenoxy) is 1. The molecule has 1 N–H and O–H groups in total. The Morgan fingerprint density at radius 2 is 1.93 bits per heavy atom. The van der Waals surface area contributed by atoms with Crippen LogP contribution in [0.2, 0.25) is 0 Å². The first-order valence-corrected chi connectivity index (χ1v) is 6.27. The number of hydrogen-bond acceptors (Lipinski definition) is 2. The van der Waals surface area contributed by atoms with Crippen molar-refractivity contribution in [3.05, 3.63) is 0 Å². The second kappa shape index (κ2) is 5.72. The van der Waals surface area contributed by atoms with Gasteiger partial charge in [-0.15, -0.1) is 0 Å². The smallest absolute Gasteiger partial charge is 0.0587 e. The topological polar surface area (TPSA) is 21.3 Å². The molecule has 0 aromatic carbocycles. The highest BCUT2D eigenvalue weighted by Gasteiger charge is 2.18. The molecule has 0 aromatic heterocycles. The molecule has 0 radical (unpaired) electrons. The van der Waals surface area contributed by atoms with Gasteiger partial charge in [0.25, 0.3) is 0 Å². The third-order valence-corrected chi connectivity index (χ3v) is 3.63. The summed E-state index contributed by atoms with van der Waals surface area (Å²) in [7, 11) is 0. The van der Waals surface area contributed by atoms with Crippen LogP contribution in [0.25, 0.3) is 0 Å². The molecular formula is C12H23NO. The molecule has 2 nitrogen and oxygen atoms in total. The van der Waals surface area contributed by atoms with Gasteiger partial charge in [-0.2, -0.15) is 0 Å². The van der Waals surface area contributed by atoms with E-state index < -0.39 is 0 Å². The van der Waals surface area contributed by atoms with Crippen molar-refractivity contribution in [1.29, 1.82) is 0 Å². The summed E-state index contributed by atoms with van der Waals surface area (Å²) in [5, 5.41) is 3.42. The zero-order valence-corrected chi connectivity index (χ0v) is 9.13. The van der Waals surface area contributed by atoms with Crippen LogP contribution in [-0.2, 0) is 4.74 Å². The molecule has 0 aromatic rings. The van der Waals surface area contributed by atoms with E-state index in [4.69, 9.17) is 4.74 Å². The maximum absolute atomic E-state index is 5.93. The zero-order valence-electron chi connectivity index (χ0n) is 9.13. The third-order valence-electron chi connectivity index (χ3n) is 3.63. The van der Waals surface area contributed by atoms with Gasteiger partial charge in [0.2, 0.25) is 0 Å². The summed E-state index contributed by atoms with van der Waals surface area (Å²) in [4.78, 5) is 0. The second-order valence-electron chi connectivity index (χ2n) is 4.76. The molecule has 1 saturated heterocycles. The third kappa shape index (κ3) is 3.25. The molecule has 14 heavy (non-hydrogen) atoms. The Hall–Kier alpha value is -0.0800. The summed E-state index contributed by atoms with van der Waals surface area (Å²) in [5.74, 6) is 0.999. The minimum atomic E-state index is 0.546. The molecule has 1 heterocycles. The van der Waals surface area contributed by atoms with Crippen LogP contribution in [0.1, 0.15) is 44.9 Å². The molecule has 0 bridgehead atoms. The Labute approximate surface area is 87.4 Å². The van der Waals surface area contributed by atoms with Crippen LogP contribution in [0.3, 0.4) is 0 Å². The van der Waals surface area contributed by atoms with Crippen LogP contribution >= 0.6 is 0 Å². The SMILES string of the molecule is C1CC(CCOC2CCCNCC2)C1. The molecule has 2 rings (SSSR count). The largest absolute Gasteiger partial charge is 0.378 e. The minimum Gasteiger partial charge on any atom is -0.378 e. The number of nitrogens with one attached hydrogen (secondary N) is 1. The van der Waals surface area contributed by atoms with Gasteiger partial charge in [0.05, 0.1) is 6.10 Å². The van der Waals surface area contributed by atoms with Crippen LogP contribution in [0.15, 0.2) is 0 Å². The first-order chi connectivity index (χ1) is 6.95. The van der Waals surface area contributed by atoms with Gasteiger partial charge in [-0.05, 0) is 44.7 Å². The van der Waals surface area contributed by atoms with E-state index >= 15 is 0 Å². The van der Waals surface area contributed by atoms with Gasteiger partial charge in [0, 0.05) is 6.61 Å². The van der Waals surface area contributed by atoms with Gasteiger partial charge in [0.15, 0.2) is 0 Å². The summed E-state index contributed by atoms with van der Waals surface area (Å²) in [6.45, 7) is 3.34. The van der Waals surface area contributed by atoms with Crippen molar-refractivity contribution < 1.29 is 4.74 Å². The fourth-order valence-electron chi connectivity index (χ4n) is 2.34. The zero-order chi connectivity index (χ0) is 9.64. The molecule has 1 unspecified atom stereocenters. The summed E-state index contributed by atoms with van der Waals surface area (Å²) >= 11 is 0. The predicted molar refractivity (Wildman–Crippen MR) is 58.4 cm³/mol. The molecule has 1 aliphatic heterocycles. The maximum Gasteiger partial charge on any atom is 0.0587 e. The van der Waals surface area contributed by atoms with Crippen LogP contribution < -0.4 is 5.32 Å². The Morgan fingerprint density at radius 3 is 2.71 bits per heavy atom. The van der Waals surface area contributed by atoms with E-state index in [0.717, 1.165) is 19.1 Å². The lowest BCUT2D eigenvalue weighted by Crippen LogP contribution is -2.20. The molecule has 2 aliphatic rings. The Bertz CT molecular complexity index is 148. The van der Waals surface area contributed by atoms with Crippen molar-refractivity contribution in [1.82, 2.24) is 5.32 Å². The highest BCUT2D eigenvalue weighted by Crippen LogP contribution is 2.29. The molecule has 1 saturated carbocycles. The van der Waals surface area contributed by atoms with Gasteiger partial charge in [-0.3, -0.25) is 0 Å². The highest BCUT2D eigenvalue weighted by molar-refractivity contribution is 4.70. The van der Waals surface area contributed by atoms with Crippen molar-refractivity contribution in [2.45, 2.75) is 51.0 Å². The van der Waals surface area contributed by atoms with E-state index in [2.05, 4.69) is 5.32 Å². The van der Waals surface area contributed by atoms with Crippen LogP contribution in [-0.4, -0.2) is 25.8 Å². The first-order valence-electron chi connectivity index (χ1n) is 6.27. The summed E-state index contributed by atoms with van der Waals surface area (Å²) in [6.07, 6.45) is 9.98. The number of rotatable bonds is 4. The molecule has 2 heteroatoms. The van der Waals surface area contributed by atoms with Crippen molar-refractivity contribution in [3.8, 4) is 0 Å². The van der Waals surface area contributed by atoms with Crippen LogP contribution in [0.4, 0.5) is 0 Å². The quantitative estimate of drug-likeness (QED) is 0.747. The van der Waals surface area contributed by atoms with Gasteiger partial charge in [-0.1, -0.05) is 19.3 Å². The van der Waals surface area contributed by atoms with Gasteiger partial charge in [-0.25, -0.2) is 0 Å². The van der Waals surface area contributed by atoms with E-state index in [1.165, 1.54) is 51.5 Å². The molecule has 1 atom stereocenters. The molecule has 1 aliphatic carbocycles. The average Bonchev–Trinajstić information content (AvgIpc) is 2.37. The van der Waals surface area contributed by atoms with Gasteiger partial charge >= 0.3 is 0 Å². The molecule has 0 amide bonds. The van der Waals surface area contributed by atoms with Gasteiger partial charge < -0.3 is 10.1 Å². The first kappa shape index (κ1) is 10.4. The molecule has 82 valence electrons. The predicted octanol–water partition coefficient (Wildman–Crippen LogP) is 2.34. The van der Waals surface area contributed by atoms with Crippen LogP contribution in [0, 0.1) is 5.92 Å². The standard InChI is InChI=1S/C12H23NO/c1-3-11(4-1)7-10-14-12-5-2-8-13-9-6-12/h11-13H,1-10H2. The van der Waals surface area contributed by atoms with Crippen LogP contribution in [0.5, 0.6) is 0 Å². The van der Waals surface area contributed by atoms with E-state index in [-0.39, 0.29) is 0 Å². The lowest BCUT2D eigenvalue weighted by molar-refractivity contribution is 0.0311. The van der Waals surface area contributed by atoms with Crippen molar-refractivity contribution >= 4 is 0 Å². The average molecular weight is 197 g/mol. The highest BCUT2D eigenvalue weighted by atomic mass is 16.5. The Balaban J connectivity index is 1.54. The summed E-state index contributed by atoms with van der Waals surface area (Å²) in [5.41, 5.74) is 0. The summed E-state index contributed by atoms with van der Waals surface area (Å²) in [6, 6.07) is 0. The summed E-state index contributed by atoms with van der Waals surface area (Å²) < 4.78 is 5.93. The van der Waals surface area contributed by atoms with Crippen molar-refractivity contribution in [2.24, 2.45) is 5.92 Å².